The summed E-state index contributed by atoms with van der Waals surface area (Å²) in [6.45, 7) is 0. The van der Waals surface area contributed by atoms with Gasteiger partial charge in [-0.1, -0.05) is 28.1 Å². The summed E-state index contributed by atoms with van der Waals surface area (Å²) >= 11 is 1.00. The van der Waals surface area contributed by atoms with E-state index >= 15 is 0 Å². The van der Waals surface area contributed by atoms with E-state index in [2.05, 4.69) is 15.9 Å². The van der Waals surface area contributed by atoms with Crippen molar-refractivity contribution in [2.75, 3.05) is 5.33 Å². The summed E-state index contributed by atoms with van der Waals surface area (Å²) in [5.74, 6) is -0.554. The van der Waals surface area contributed by atoms with Crippen LogP contribution >= 0.6 is 15.9 Å². The van der Waals surface area contributed by atoms with Crippen molar-refractivity contribution in [1.82, 2.24) is 4.72 Å². The lowest BCUT2D eigenvalue weighted by Gasteiger charge is -2.02. The number of nitrogens with one attached hydrogen (secondary N) is 1. The fraction of sp³-hybridized carbons (Fsp3) is 0.222. The average Bonchev–Trinajstić information content (AvgIpc) is 2.18. The molecule has 1 aromatic rings. The van der Waals surface area contributed by atoms with E-state index in [0.717, 1.165) is 17.3 Å². The number of rotatable bonds is 4. The third-order valence-corrected chi connectivity index (χ3v) is 2.54. The number of hydrogen-bond acceptors (Lipinski definition) is 2. The Hall–Kier alpha value is -0.720. The van der Waals surface area contributed by atoms with Crippen LogP contribution in [0.4, 0.5) is 0 Å². The number of hydrogen-bond donors (Lipinski definition) is 2. The summed E-state index contributed by atoms with van der Waals surface area (Å²) in [5.41, 5.74) is 1.48. The molecule has 1 unspecified atom stereocenters. The lowest BCUT2D eigenvalue weighted by atomic mass is 10.1. The smallest absolute Gasteiger partial charge is 0.264 e. The minimum Gasteiger partial charge on any atom is -0.289 e. The van der Waals surface area contributed by atoms with Gasteiger partial charge in [-0.15, -0.1) is 0 Å². The van der Waals surface area contributed by atoms with Crippen LogP contribution in [-0.4, -0.2) is 20.0 Å². The van der Waals surface area contributed by atoms with Crippen LogP contribution in [0.5, 0.6) is 0 Å². The van der Waals surface area contributed by atoms with Crippen molar-refractivity contribution in [3.63, 3.8) is 0 Å². The van der Waals surface area contributed by atoms with Gasteiger partial charge in [-0.2, -0.15) is 0 Å². The highest BCUT2D eigenvalue weighted by atomic mass is 79.9. The highest BCUT2D eigenvalue weighted by Crippen LogP contribution is 2.06. The molecule has 1 aromatic carbocycles. The quantitative estimate of drug-likeness (QED) is 0.652. The molecule has 1 amide bonds. The van der Waals surface area contributed by atoms with Gasteiger partial charge in [0.05, 0.1) is 0 Å². The molecule has 0 aliphatic rings. The van der Waals surface area contributed by atoms with E-state index in [1.165, 1.54) is 0 Å². The van der Waals surface area contributed by atoms with Gasteiger partial charge in [0.2, 0.25) is 0 Å². The molecule has 6 heteroatoms. The van der Waals surface area contributed by atoms with Gasteiger partial charge in [-0.25, -0.2) is 8.93 Å². The van der Waals surface area contributed by atoms with Crippen LogP contribution in [0, 0.1) is 0 Å². The summed E-state index contributed by atoms with van der Waals surface area (Å²) in [4.78, 5) is 11.3. The second-order valence-electron chi connectivity index (χ2n) is 2.82. The van der Waals surface area contributed by atoms with Crippen molar-refractivity contribution in [2.45, 2.75) is 6.42 Å². The Morgan fingerprint density at radius 2 is 2.00 bits per heavy atom. The number of alkyl halides is 1. The predicted octanol–water partition coefficient (Wildman–Crippen LogP) is 1.49. The van der Waals surface area contributed by atoms with E-state index in [-0.39, 0.29) is 0 Å². The summed E-state index contributed by atoms with van der Waals surface area (Å²) in [6.07, 6.45) is 0.883. The minimum atomic E-state index is -2.31. The van der Waals surface area contributed by atoms with E-state index in [0.29, 0.717) is 5.56 Å². The molecular weight excluding hydrogens is 282 g/mol. The summed E-state index contributed by atoms with van der Waals surface area (Å²) in [6, 6.07) is 6.88. The molecule has 0 saturated carbocycles. The topological polar surface area (TPSA) is 66.4 Å². The Balaban J connectivity index is 2.71. The van der Waals surface area contributed by atoms with Gasteiger partial charge in [0, 0.05) is 10.9 Å². The first kappa shape index (κ1) is 12.4. The zero-order chi connectivity index (χ0) is 11.3. The summed E-state index contributed by atoms with van der Waals surface area (Å²) < 4.78 is 20.7. The van der Waals surface area contributed by atoms with Crippen molar-refractivity contribution >= 4 is 33.1 Å². The number of benzene rings is 1. The van der Waals surface area contributed by atoms with Crippen molar-refractivity contribution in [3.05, 3.63) is 35.4 Å². The molecule has 0 bridgehead atoms. The van der Waals surface area contributed by atoms with Crippen LogP contribution < -0.4 is 4.72 Å². The van der Waals surface area contributed by atoms with Crippen molar-refractivity contribution in [3.8, 4) is 0 Å². The highest BCUT2D eigenvalue weighted by Gasteiger charge is 2.06. The van der Waals surface area contributed by atoms with E-state index < -0.39 is 17.2 Å². The average molecular weight is 292 g/mol. The molecule has 15 heavy (non-hydrogen) atoms. The fourth-order valence-corrected chi connectivity index (χ4v) is 1.80. The van der Waals surface area contributed by atoms with Gasteiger partial charge in [-0.3, -0.25) is 9.35 Å². The molecule has 0 aliphatic carbocycles. The minimum absolute atomic E-state index is 0.371. The van der Waals surface area contributed by atoms with E-state index in [4.69, 9.17) is 4.55 Å². The molecule has 0 fully saturated rings. The zero-order valence-electron chi connectivity index (χ0n) is 7.77. The lowest BCUT2D eigenvalue weighted by Crippen LogP contribution is -2.24. The molecule has 0 aromatic heterocycles. The number of carbonyl (C=O) groups excluding carboxylic acids is 1. The van der Waals surface area contributed by atoms with Crippen molar-refractivity contribution in [1.29, 1.82) is 0 Å². The van der Waals surface area contributed by atoms with Crippen molar-refractivity contribution in [2.24, 2.45) is 0 Å². The third-order valence-electron chi connectivity index (χ3n) is 1.78. The van der Waals surface area contributed by atoms with Gasteiger partial charge in [0.1, 0.15) is 0 Å². The largest absolute Gasteiger partial charge is 0.289 e. The van der Waals surface area contributed by atoms with E-state index in [9.17, 15) is 9.00 Å². The Kier molecular flexibility index (Phi) is 4.93. The molecule has 0 saturated heterocycles. The van der Waals surface area contributed by atoms with Crippen LogP contribution in [0.3, 0.4) is 0 Å². The fourth-order valence-electron chi connectivity index (χ4n) is 1.07. The maximum Gasteiger partial charge on any atom is 0.264 e. The van der Waals surface area contributed by atoms with Crippen LogP contribution in [-0.2, 0) is 17.7 Å². The number of aryl methyl sites for hydroxylation is 1. The molecular formula is C9H10BrNO3S. The Morgan fingerprint density at radius 3 is 2.47 bits per heavy atom. The lowest BCUT2D eigenvalue weighted by molar-refractivity contribution is 0.0981. The maximum atomic E-state index is 11.3. The van der Waals surface area contributed by atoms with E-state index in [1.807, 2.05) is 16.9 Å². The first-order valence-corrected chi connectivity index (χ1v) is 6.43. The molecule has 1 atom stereocenters. The number of halogens is 1. The third kappa shape index (κ3) is 4.11. The normalized spacial score (nSPS) is 12.1. The zero-order valence-corrected chi connectivity index (χ0v) is 10.2. The summed E-state index contributed by atoms with van der Waals surface area (Å²) in [7, 11) is 0. The molecule has 0 heterocycles. The SMILES string of the molecule is O=C(NS(=O)O)c1ccc(CCBr)cc1. The van der Waals surface area contributed by atoms with Crippen LogP contribution in [0.15, 0.2) is 24.3 Å². The van der Waals surface area contributed by atoms with Gasteiger partial charge >= 0.3 is 0 Å². The molecule has 0 spiro atoms. The Labute approximate surface area is 98.6 Å². The van der Waals surface area contributed by atoms with Gasteiger partial charge in [0.25, 0.3) is 17.2 Å². The molecule has 0 aliphatic heterocycles. The predicted molar refractivity (Wildman–Crippen MR) is 62.2 cm³/mol. The van der Waals surface area contributed by atoms with Crippen LogP contribution in [0.2, 0.25) is 0 Å². The Bertz CT molecular complexity index is 366. The molecule has 4 nitrogen and oxygen atoms in total. The number of carbonyl (C=O) groups is 1. The Morgan fingerprint density at radius 1 is 1.40 bits per heavy atom. The van der Waals surface area contributed by atoms with Gasteiger partial charge in [-0.05, 0) is 24.1 Å². The van der Waals surface area contributed by atoms with Crippen molar-refractivity contribution < 1.29 is 13.6 Å². The maximum absolute atomic E-state index is 11.3. The molecule has 1 rings (SSSR count). The number of amides is 1. The van der Waals surface area contributed by atoms with Crippen LogP contribution in [0.1, 0.15) is 15.9 Å². The first-order chi connectivity index (χ1) is 7.13. The molecule has 2 N–H and O–H groups in total. The second kappa shape index (κ2) is 5.99. The first-order valence-electron chi connectivity index (χ1n) is 4.20. The summed E-state index contributed by atoms with van der Waals surface area (Å²) in [5, 5.41) is 0.860. The highest BCUT2D eigenvalue weighted by molar-refractivity contribution is 9.09. The van der Waals surface area contributed by atoms with E-state index in [1.54, 1.807) is 12.1 Å². The van der Waals surface area contributed by atoms with Crippen LogP contribution in [0.25, 0.3) is 0 Å². The van der Waals surface area contributed by atoms with Gasteiger partial charge in [0.15, 0.2) is 0 Å². The second-order valence-corrected chi connectivity index (χ2v) is 4.31. The molecule has 0 radical (unpaired) electrons. The van der Waals surface area contributed by atoms with Gasteiger partial charge < -0.3 is 0 Å². The monoisotopic (exact) mass is 291 g/mol. The molecule has 82 valence electrons. The standard InChI is InChI=1S/C9H10BrNO3S/c10-6-5-7-1-3-8(4-2-7)9(12)11-15(13)14/h1-4H,5-6H2,(H,11,12)(H,13,14).